The summed E-state index contributed by atoms with van der Waals surface area (Å²) in [4.78, 5) is 26.9. The van der Waals surface area contributed by atoms with Crippen LogP contribution in [0.4, 0.5) is 9.18 Å². The van der Waals surface area contributed by atoms with Crippen molar-refractivity contribution >= 4 is 76.8 Å². The van der Waals surface area contributed by atoms with Crippen molar-refractivity contribution < 1.29 is 18.7 Å². The van der Waals surface area contributed by atoms with Gasteiger partial charge in [-0.05, 0) is 103 Å². The number of thioether (sulfide) groups is 1. The van der Waals surface area contributed by atoms with Crippen molar-refractivity contribution in [2.45, 2.75) is 13.2 Å². The Kier molecular flexibility index (Phi) is 7.73. The van der Waals surface area contributed by atoms with E-state index in [4.69, 9.17) is 4.74 Å². The van der Waals surface area contributed by atoms with Crippen molar-refractivity contribution in [1.29, 1.82) is 0 Å². The Labute approximate surface area is 219 Å². The summed E-state index contributed by atoms with van der Waals surface area (Å²) in [6.45, 7) is 0.415. The number of hydrogen-bond donors (Lipinski definition) is 0. The van der Waals surface area contributed by atoms with E-state index in [1.54, 1.807) is 30.3 Å². The number of halogens is 4. The number of carbonyl (C=O) groups is 2. The first-order chi connectivity index (χ1) is 15.8. The van der Waals surface area contributed by atoms with Crippen molar-refractivity contribution in [2.24, 2.45) is 0 Å². The van der Waals surface area contributed by atoms with E-state index in [1.165, 1.54) is 17.0 Å². The highest BCUT2D eigenvalue weighted by atomic mass is 79.9. The fourth-order valence-electron chi connectivity index (χ4n) is 3.14. The van der Waals surface area contributed by atoms with Gasteiger partial charge in [0.05, 0.1) is 20.4 Å². The molecule has 0 bridgehead atoms. The third-order valence-corrected chi connectivity index (χ3v) is 7.33. The topological polar surface area (TPSA) is 46.6 Å². The molecule has 1 saturated heterocycles. The van der Waals surface area contributed by atoms with E-state index in [-0.39, 0.29) is 30.1 Å². The van der Waals surface area contributed by atoms with E-state index in [0.29, 0.717) is 25.2 Å². The molecular formula is C24H15Br3FNO3S. The van der Waals surface area contributed by atoms with Crippen molar-refractivity contribution in [1.82, 2.24) is 4.90 Å². The van der Waals surface area contributed by atoms with E-state index in [1.807, 2.05) is 24.3 Å². The summed E-state index contributed by atoms with van der Waals surface area (Å²) in [6, 6.07) is 17.3. The molecule has 1 aliphatic heterocycles. The lowest BCUT2D eigenvalue weighted by atomic mass is 10.2. The maximum atomic E-state index is 13.4. The minimum Gasteiger partial charge on any atom is -0.487 e. The molecule has 1 fully saturated rings. The van der Waals surface area contributed by atoms with Crippen molar-refractivity contribution in [2.75, 3.05) is 0 Å². The molecule has 3 aromatic carbocycles. The van der Waals surface area contributed by atoms with Crippen molar-refractivity contribution in [3.8, 4) is 5.75 Å². The first kappa shape index (κ1) is 24.2. The average molecular weight is 656 g/mol. The number of imide groups is 1. The summed E-state index contributed by atoms with van der Waals surface area (Å²) in [6.07, 6.45) is 1.68. The summed E-state index contributed by atoms with van der Waals surface area (Å²) >= 11 is 11.3. The number of hydrogen-bond acceptors (Lipinski definition) is 4. The van der Waals surface area contributed by atoms with E-state index in [0.717, 1.165) is 27.4 Å². The molecule has 4 nitrogen and oxygen atoms in total. The third kappa shape index (κ3) is 5.95. The van der Waals surface area contributed by atoms with Crippen molar-refractivity contribution in [3.05, 3.63) is 101 Å². The van der Waals surface area contributed by atoms with Gasteiger partial charge in [0, 0.05) is 4.47 Å². The minimum atomic E-state index is -0.327. The van der Waals surface area contributed by atoms with Crippen LogP contribution in [-0.4, -0.2) is 16.0 Å². The van der Waals surface area contributed by atoms with Crippen LogP contribution < -0.4 is 4.74 Å². The maximum Gasteiger partial charge on any atom is 0.293 e. The molecule has 2 amide bonds. The number of amides is 2. The molecule has 0 spiro atoms. The van der Waals surface area contributed by atoms with Crippen LogP contribution in [0.25, 0.3) is 6.08 Å². The fraction of sp³-hybridized carbons (Fsp3) is 0.0833. The number of nitrogens with zero attached hydrogens (tertiary/aromatic N) is 1. The Morgan fingerprint density at radius 3 is 2.30 bits per heavy atom. The van der Waals surface area contributed by atoms with Crippen LogP contribution in [0.15, 0.2) is 79.0 Å². The van der Waals surface area contributed by atoms with Crippen LogP contribution in [0.3, 0.4) is 0 Å². The fourth-order valence-corrected chi connectivity index (χ4v) is 5.70. The molecule has 0 aliphatic carbocycles. The minimum absolute atomic E-state index is 0.198. The SMILES string of the molecule is O=C1S/C(=C\c2cc(Br)c(OCc3cccc(F)c3)c(Br)c2)C(=O)N1Cc1ccc(Br)cc1. The Morgan fingerprint density at radius 2 is 1.64 bits per heavy atom. The summed E-state index contributed by atoms with van der Waals surface area (Å²) in [7, 11) is 0. The molecule has 0 saturated carbocycles. The third-order valence-electron chi connectivity index (χ3n) is 4.72. The molecule has 0 atom stereocenters. The maximum absolute atomic E-state index is 13.4. The van der Waals surface area contributed by atoms with E-state index in [9.17, 15) is 14.0 Å². The molecule has 4 rings (SSSR count). The van der Waals surface area contributed by atoms with Gasteiger partial charge in [0.15, 0.2) is 0 Å². The van der Waals surface area contributed by atoms with Crippen molar-refractivity contribution in [3.63, 3.8) is 0 Å². The Balaban J connectivity index is 1.49. The molecule has 33 heavy (non-hydrogen) atoms. The van der Waals surface area contributed by atoms with Gasteiger partial charge >= 0.3 is 0 Å². The number of carbonyl (C=O) groups excluding carboxylic acids is 2. The van der Waals surface area contributed by atoms with Gasteiger partial charge in [-0.25, -0.2) is 4.39 Å². The number of ether oxygens (including phenoxy) is 1. The van der Waals surface area contributed by atoms with Crippen LogP contribution in [0.5, 0.6) is 5.75 Å². The lowest BCUT2D eigenvalue weighted by Gasteiger charge is -2.13. The molecule has 0 radical (unpaired) electrons. The Bertz CT molecular complexity index is 1240. The highest BCUT2D eigenvalue weighted by Gasteiger charge is 2.35. The highest BCUT2D eigenvalue weighted by molar-refractivity contribution is 9.11. The molecular weight excluding hydrogens is 641 g/mol. The monoisotopic (exact) mass is 653 g/mol. The summed E-state index contributed by atoms with van der Waals surface area (Å²) in [5.41, 5.74) is 2.30. The van der Waals surface area contributed by atoms with Gasteiger partial charge in [-0.2, -0.15) is 0 Å². The standard InChI is InChI=1S/C24H15Br3FNO3S/c25-17-6-4-14(5-7-17)12-29-23(30)21(33-24(29)31)11-16-9-19(26)22(20(27)10-16)32-13-15-2-1-3-18(28)8-15/h1-11H,12-13H2/b21-11-. The van der Waals surface area contributed by atoms with E-state index >= 15 is 0 Å². The van der Waals surface area contributed by atoms with Crippen LogP contribution in [0.1, 0.15) is 16.7 Å². The first-order valence-corrected chi connectivity index (χ1v) is 12.9. The van der Waals surface area contributed by atoms with E-state index < -0.39 is 0 Å². The predicted octanol–water partition coefficient (Wildman–Crippen LogP) is 7.93. The molecule has 9 heteroatoms. The van der Waals surface area contributed by atoms with Gasteiger partial charge in [-0.1, -0.05) is 40.2 Å². The number of benzene rings is 3. The van der Waals surface area contributed by atoms with Gasteiger partial charge in [0.1, 0.15) is 18.2 Å². The molecule has 0 unspecified atom stereocenters. The normalized spacial score (nSPS) is 14.9. The van der Waals surface area contributed by atoms with Gasteiger partial charge in [-0.3, -0.25) is 14.5 Å². The zero-order valence-electron chi connectivity index (χ0n) is 16.9. The summed E-state index contributed by atoms with van der Waals surface area (Å²) in [5.74, 6) is -0.0926. The van der Waals surface area contributed by atoms with Gasteiger partial charge < -0.3 is 4.74 Å². The summed E-state index contributed by atoms with van der Waals surface area (Å²) < 4.78 is 21.5. The molecule has 1 heterocycles. The molecule has 0 N–H and O–H groups in total. The van der Waals surface area contributed by atoms with Crippen LogP contribution >= 0.6 is 59.6 Å². The lowest BCUT2D eigenvalue weighted by Crippen LogP contribution is -2.27. The molecule has 1 aliphatic rings. The quantitative estimate of drug-likeness (QED) is 0.253. The number of rotatable bonds is 6. The largest absolute Gasteiger partial charge is 0.487 e. The second-order valence-corrected chi connectivity index (χ2v) is 10.7. The highest BCUT2D eigenvalue weighted by Crippen LogP contribution is 2.38. The molecule has 168 valence electrons. The Morgan fingerprint density at radius 1 is 0.939 bits per heavy atom. The average Bonchev–Trinajstić information content (AvgIpc) is 3.02. The predicted molar refractivity (Wildman–Crippen MR) is 138 cm³/mol. The van der Waals surface area contributed by atoms with Gasteiger partial charge in [-0.15, -0.1) is 0 Å². The van der Waals surface area contributed by atoms with Gasteiger partial charge in [0.25, 0.3) is 11.1 Å². The second-order valence-electron chi connectivity index (χ2n) is 7.13. The van der Waals surface area contributed by atoms with Gasteiger partial charge in [0.2, 0.25) is 0 Å². The van der Waals surface area contributed by atoms with Crippen LogP contribution in [0.2, 0.25) is 0 Å². The smallest absolute Gasteiger partial charge is 0.293 e. The zero-order chi connectivity index (χ0) is 23.5. The van der Waals surface area contributed by atoms with Crippen LogP contribution in [-0.2, 0) is 17.9 Å². The summed E-state index contributed by atoms with van der Waals surface area (Å²) in [5, 5.41) is -0.303. The lowest BCUT2D eigenvalue weighted by molar-refractivity contribution is -0.123. The zero-order valence-corrected chi connectivity index (χ0v) is 22.4. The second kappa shape index (κ2) is 10.5. The first-order valence-electron chi connectivity index (χ1n) is 9.66. The molecule has 3 aromatic rings. The van der Waals surface area contributed by atoms with E-state index in [2.05, 4.69) is 47.8 Å². The van der Waals surface area contributed by atoms with Crippen LogP contribution in [0, 0.1) is 5.82 Å². The Hall–Kier alpha value is -1.94. The molecule has 0 aromatic heterocycles.